The molecule has 6 heterocycles. The summed E-state index contributed by atoms with van der Waals surface area (Å²) in [4.78, 5) is 78.0. The summed E-state index contributed by atoms with van der Waals surface area (Å²) in [5.41, 5.74) is 5.19. The van der Waals surface area contributed by atoms with Gasteiger partial charge >= 0.3 is 0 Å². The molecule has 0 bridgehead atoms. The third-order valence-corrected chi connectivity index (χ3v) is 14.4. The molecule has 5 amide bonds. The van der Waals surface area contributed by atoms with Gasteiger partial charge in [0.05, 0.1) is 51.6 Å². The molecular weight excluding hydrogens is 971 g/mol. The highest BCUT2D eigenvalue weighted by Gasteiger charge is 2.40. The number of imide groups is 1. The number of carbonyl (C=O) groups excluding carboxylic acids is 5. The molecule has 9 rings (SSSR count). The van der Waals surface area contributed by atoms with E-state index < -0.39 is 17.5 Å². The van der Waals surface area contributed by atoms with E-state index in [0.717, 1.165) is 91.3 Å². The fourth-order valence-corrected chi connectivity index (χ4v) is 10.1. The van der Waals surface area contributed by atoms with Gasteiger partial charge in [0.1, 0.15) is 11.8 Å². The zero-order chi connectivity index (χ0) is 52.5. The number of nitrogens with zero attached hydrogens (tertiary/aromatic N) is 6. The number of fused-ring (bicyclic) bond motifs is 1. The molecule has 2 aromatic heterocycles. The summed E-state index contributed by atoms with van der Waals surface area (Å²) in [6, 6.07) is 24.3. The second-order valence-electron chi connectivity index (χ2n) is 19.6. The van der Waals surface area contributed by atoms with Crippen molar-refractivity contribution >= 4 is 40.9 Å². The fraction of sp³-hybridized carbons (Fsp3) is 0.464. The molecule has 4 aliphatic rings. The predicted octanol–water partition coefficient (Wildman–Crippen LogP) is 4.98. The lowest BCUT2D eigenvalue weighted by Gasteiger charge is -2.37. The first-order valence-corrected chi connectivity index (χ1v) is 26.7. The second-order valence-corrected chi connectivity index (χ2v) is 19.6. The van der Waals surface area contributed by atoms with E-state index in [0.29, 0.717) is 115 Å². The van der Waals surface area contributed by atoms with Crippen LogP contribution >= 0.6 is 0 Å². The number of aromatic amines is 1. The van der Waals surface area contributed by atoms with E-state index in [9.17, 15) is 24.0 Å². The van der Waals surface area contributed by atoms with Crippen molar-refractivity contribution in [2.24, 2.45) is 0 Å². The van der Waals surface area contributed by atoms with Crippen LogP contribution in [-0.4, -0.2) is 151 Å². The summed E-state index contributed by atoms with van der Waals surface area (Å²) in [7, 11) is 0. The third kappa shape index (κ3) is 14.2. The van der Waals surface area contributed by atoms with Gasteiger partial charge in [-0.3, -0.25) is 39.4 Å². The molecule has 1 atom stereocenters. The number of unbranched alkanes of at least 4 members (excludes halogenated alkanes) is 3. The van der Waals surface area contributed by atoms with Crippen molar-refractivity contribution in [1.29, 1.82) is 0 Å². The van der Waals surface area contributed by atoms with Gasteiger partial charge in [-0.15, -0.1) is 0 Å². The van der Waals surface area contributed by atoms with Crippen molar-refractivity contribution in [3.63, 3.8) is 0 Å². The number of piperazine rings is 1. The second kappa shape index (κ2) is 26.5. The molecular formula is C56H69N11O9. The summed E-state index contributed by atoms with van der Waals surface area (Å²) < 4.78 is 23.1. The topological polar surface area (TPSA) is 235 Å². The Kier molecular flexibility index (Phi) is 18.7. The Balaban J connectivity index is 0.572. The Morgan fingerprint density at radius 1 is 0.776 bits per heavy atom. The number of carbonyl (C=O) groups is 5. The highest BCUT2D eigenvalue weighted by molar-refractivity contribution is 6.05. The van der Waals surface area contributed by atoms with E-state index in [-0.39, 0.29) is 30.0 Å². The number of nitrogens with one attached hydrogen (secondary N) is 5. The molecule has 5 aromatic rings. The molecule has 402 valence electrons. The Morgan fingerprint density at radius 2 is 1.53 bits per heavy atom. The summed E-state index contributed by atoms with van der Waals surface area (Å²) in [5, 5.41) is 20.2. The number of hydrogen-bond acceptors (Lipinski definition) is 15. The van der Waals surface area contributed by atoms with Gasteiger partial charge < -0.3 is 49.6 Å². The standard InChI is InChI=1S/C56H69N11O9/c68-49-14-13-48(53(71)60-49)67-39-43-37-45(11-12-47(43)54(67)72)65-24-26-66(27-25-65)50(69)17-30-74-32-34-75-33-31-73-28-3-1-2-4-29-76-46-10-5-7-40(35-46)38-59-52(70)42-8-6-9-44(36-42)62-56(18-22-58-23-19-56)55-61-51(63-64-55)41-15-20-57-21-16-41/h5-12,15-16,20-21,35-37,48,58,62H,1-4,13-14,17-19,22-34,38-39H2,(H,59,70)(H,60,68,71)(H,61,63,64). The molecule has 4 aliphatic heterocycles. The number of benzene rings is 3. The molecule has 20 nitrogen and oxygen atoms in total. The van der Waals surface area contributed by atoms with Crippen LogP contribution in [0, 0.1) is 0 Å². The number of aromatic nitrogens is 4. The predicted molar refractivity (Wildman–Crippen MR) is 283 cm³/mol. The Labute approximate surface area is 443 Å². The van der Waals surface area contributed by atoms with Crippen LogP contribution in [0.5, 0.6) is 5.75 Å². The van der Waals surface area contributed by atoms with Crippen molar-refractivity contribution in [1.82, 2.24) is 45.9 Å². The molecule has 0 aliphatic carbocycles. The summed E-state index contributed by atoms with van der Waals surface area (Å²) in [5.74, 6) is 1.14. The molecule has 0 radical (unpaired) electrons. The number of piperidine rings is 2. The average Bonchev–Trinajstić information content (AvgIpc) is 4.09. The van der Waals surface area contributed by atoms with Crippen LogP contribution in [0.15, 0.2) is 91.3 Å². The van der Waals surface area contributed by atoms with Gasteiger partial charge in [0.25, 0.3) is 11.8 Å². The molecule has 1 unspecified atom stereocenters. The van der Waals surface area contributed by atoms with Crippen LogP contribution in [0.25, 0.3) is 11.4 Å². The first kappa shape index (κ1) is 53.6. The van der Waals surface area contributed by atoms with Gasteiger partial charge in [0.2, 0.25) is 17.7 Å². The lowest BCUT2D eigenvalue weighted by molar-refractivity contribution is -0.137. The maximum atomic E-state index is 13.4. The largest absolute Gasteiger partial charge is 0.494 e. The van der Waals surface area contributed by atoms with Crippen LogP contribution in [0.4, 0.5) is 11.4 Å². The number of H-pyrrole nitrogens is 1. The monoisotopic (exact) mass is 1040 g/mol. The molecule has 3 fully saturated rings. The molecule has 0 spiro atoms. The van der Waals surface area contributed by atoms with Crippen LogP contribution in [0.2, 0.25) is 0 Å². The minimum Gasteiger partial charge on any atom is -0.494 e. The van der Waals surface area contributed by atoms with Crippen LogP contribution in [-0.2, 0) is 47.2 Å². The van der Waals surface area contributed by atoms with Crippen molar-refractivity contribution in [2.75, 3.05) is 95.7 Å². The summed E-state index contributed by atoms with van der Waals surface area (Å²) in [6.07, 6.45) is 9.84. The summed E-state index contributed by atoms with van der Waals surface area (Å²) >= 11 is 0. The lowest BCUT2D eigenvalue weighted by atomic mass is 9.87. The fourth-order valence-electron chi connectivity index (χ4n) is 10.1. The van der Waals surface area contributed by atoms with Gasteiger partial charge in [-0.1, -0.05) is 24.6 Å². The van der Waals surface area contributed by atoms with Crippen molar-refractivity contribution in [3.8, 4) is 17.1 Å². The van der Waals surface area contributed by atoms with Crippen LogP contribution in [0.3, 0.4) is 0 Å². The van der Waals surface area contributed by atoms with Crippen LogP contribution in [0.1, 0.15) is 95.5 Å². The molecule has 76 heavy (non-hydrogen) atoms. The van der Waals surface area contributed by atoms with Crippen molar-refractivity contribution in [3.05, 3.63) is 119 Å². The number of anilines is 2. The Morgan fingerprint density at radius 3 is 2.32 bits per heavy atom. The molecule has 20 heteroatoms. The number of rotatable bonds is 26. The number of ether oxygens (including phenoxy) is 4. The van der Waals surface area contributed by atoms with E-state index in [2.05, 4.69) is 41.3 Å². The highest BCUT2D eigenvalue weighted by atomic mass is 16.5. The zero-order valence-corrected chi connectivity index (χ0v) is 43.1. The molecule has 5 N–H and O–H groups in total. The van der Waals surface area contributed by atoms with E-state index >= 15 is 0 Å². The van der Waals surface area contributed by atoms with E-state index in [1.165, 1.54) is 0 Å². The first-order chi connectivity index (χ1) is 37.2. The van der Waals surface area contributed by atoms with Crippen molar-refractivity contribution < 1.29 is 42.9 Å². The van der Waals surface area contributed by atoms with Gasteiger partial charge in [0, 0.05) is 92.8 Å². The third-order valence-electron chi connectivity index (χ3n) is 14.4. The van der Waals surface area contributed by atoms with Gasteiger partial charge in [0.15, 0.2) is 11.6 Å². The van der Waals surface area contributed by atoms with E-state index in [4.69, 9.17) is 23.9 Å². The SMILES string of the molecule is O=C1CCC(N2Cc3cc(N4CCN(C(=O)CCOCCOCCOCCCCCCOc5cccc(CNC(=O)c6cccc(NC7(c8nc(-c9ccncc9)n[nH]8)CCNCC7)c6)c5)CC4)ccc3C2=O)C(=O)N1. The molecule has 0 saturated carbocycles. The Hall–Kier alpha value is -7.26. The van der Waals surface area contributed by atoms with Crippen LogP contribution < -0.4 is 30.9 Å². The number of pyridine rings is 1. The Bertz CT molecular complexity index is 2760. The minimum absolute atomic E-state index is 0.0575. The smallest absolute Gasteiger partial charge is 0.255 e. The van der Waals surface area contributed by atoms with Crippen molar-refractivity contribution in [2.45, 2.75) is 82.5 Å². The zero-order valence-electron chi connectivity index (χ0n) is 43.1. The molecule has 3 aromatic carbocycles. The summed E-state index contributed by atoms with van der Waals surface area (Å²) in [6.45, 7) is 8.29. The van der Waals surface area contributed by atoms with E-state index in [1.807, 2.05) is 83.8 Å². The quantitative estimate of drug-likeness (QED) is 0.0363. The van der Waals surface area contributed by atoms with Gasteiger partial charge in [-0.2, -0.15) is 5.10 Å². The van der Waals surface area contributed by atoms with Gasteiger partial charge in [-0.05, 0) is 123 Å². The first-order valence-electron chi connectivity index (χ1n) is 26.7. The average molecular weight is 1040 g/mol. The number of hydrogen-bond donors (Lipinski definition) is 5. The maximum absolute atomic E-state index is 13.4. The maximum Gasteiger partial charge on any atom is 0.255 e. The normalized spacial score (nSPS) is 17.3. The minimum atomic E-state index is -0.642. The van der Waals surface area contributed by atoms with E-state index in [1.54, 1.807) is 17.3 Å². The highest BCUT2D eigenvalue weighted by Crippen LogP contribution is 2.35. The van der Waals surface area contributed by atoms with Gasteiger partial charge in [-0.25, -0.2) is 4.98 Å². The number of amides is 5. The molecule has 3 saturated heterocycles. The lowest BCUT2D eigenvalue weighted by Crippen LogP contribution is -2.52.